The fraction of sp³-hybridized carbons (Fsp3) is 0.143. The number of rotatable bonds is 2. The quantitative estimate of drug-likeness (QED) is 0.527. The molecule has 0 aliphatic rings. The number of hydrogen-bond acceptors (Lipinski definition) is 3. The normalized spacial score (nSPS) is 11.5. The minimum atomic E-state index is -3.63. The highest BCUT2D eigenvalue weighted by molar-refractivity contribution is 7.89. The summed E-state index contributed by atoms with van der Waals surface area (Å²) in [5.74, 6) is 4.74. The highest BCUT2D eigenvalue weighted by atomic mass is 32.2. The molecule has 1 radical (unpaired) electrons. The van der Waals surface area contributed by atoms with Crippen LogP contribution in [0.5, 0.6) is 0 Å². The van der Waals surface area contributed by atoms with E-state index in [9.17, 15) is 8.42 Å². The Hall–Kier alpha value is -0.910. The van der Waals surface area contributed by atoms with Crippen LogP contribution in [0.1, 0.15) is 5.56 Å². The van der Waals surface area contributed by atoms with E-state index in [1.54, 1.807) is 25.1 Å². The van der Waals surface area contributed by atoms with Gasteiger partial charge in [0.05, 0.1) is 4.90 Å². The molecule has 12 heavy (non-hydrogen) atoms. The van der Waals surface area contributed by atoms with Gasteiger partial charge in [0.2, 0.25) is 0 Å². The highest BCUT2D eigenvalue weighted by Gasteiger charge is 2.14. The summed E-state index contributed by atoms with van der Waals surface area (Å²) in [7, 11) is -3.63. The van der Waals surface area contributed by atoms with Gasteiger partial charge in [-0.3, -0.25) is 0 Å². The van der Waals surface area contributed by atoms with Crippen LogP contribution in [0.4, 0.5) is 0 Å². The van der Waals surface area contributed by atoms with Gasteiger partial charge in [0.25, 0.3) is 10.0 Å². The monoisotopic (exact) mass is 185 g/mol. The van der Waals surface area contributed by atoms with Gasteiger partial charge in [-0.25, -0.2) is 14.3 Å². The first-order valence-corrected chi connectivity index (χ1v) is 4.75. The van der Waals surface area contributed by atoms with E-state index >= 15 is 0 Å². The Balaban J connectivity index is 3.30. The van der Waals surface area contributed by atoms with Gasteiger partial charge in [-0.2, -0.15) is 0 Å². The van der Waals surface area contributed by atoms with Crippen LogP contribution in [0.15, 0.2) is 29.2 Å². The minimum Gasteiger partial charge on any atom is -0.238 e. The molecule has 0 spiro atoms. The van der Waals surface area contributed by atoms with E-state index in [0.717, 1.165) is 0 Å². The second-order valence-corrected chi connectivity index (χ2v) is 3.95. The van der Waals surface area contributed by atoms with E-state index in [0.29, 0.717) is 5.56 Å². The number of hydrogen-bond donors (Lipinski definition) is 1. The summed E-state index contributed by atoms with van der Waals surface area (Å²) in [5.41, 5.74) is 0.645. The summed E-state index contributed by atoms with van der Waals surface area (Å²) < 4.78 is 22.3. The molecule has 2 N–H and O–H groups in total. The Morgan fingerprint density at radius 3 is 2.42 bits per heavy atom. The van der Waals surface area contributed by atoms with Crippen molar-refractivity contribution in [2.24, 2.45) is 5.84 Å². The van der Waals surface area contributed by atoms with E-state index < -0.39 is 10.0 Å². The Labute approximate surface area is 71.4 Å². The zero-order valence-electron chi connectivity index (χ0n) is 6.56. The SMILES string of the molecule is Cc1ccccc1S(=O)(=O)[N]N. The lowest BCUT2D eigenvalue weighted by atomic mass is 10.2. The molecule has 0 aliphatic heterocycles. The molecule has 5 heteroatoms. The first kappa shape index (κ1) is 9.18. The summed E-state index contributed by atoms with van der Waals surface area (Å²) in [4.78, 5) is 2.98. The van der Waals surface area contributed by atoms with Crippen molar-refractivity contribution < 1.29 is 8.42 Å². The number of nitrogens with two attached hydrogens (primary N) is 1. The predicted molar refractivity (Wildman–Crippen MR) is 44.7 cm³/mol. The molecular weight excluding hydrogens is 176 g/mol. The molecule has 0 aliphatic carbocycles. The maximum absolute atomic E-state index is 11.1. The Morgan fingerprint density at radius 2 is 1.92 bits per heavy atom. The molecule has 4 nitrogen and oxygen atoms in total. The van der Waals surface area contributed by atoms with Gasteiger partial charge in [-0.15, -0.1) is 0 Å². The van der Waals surface area contributed by atoms with Crippen LogP contribution in [0, 0.1) is 6.92 Å². The van der Waals surface area contributed by atoms with E-state index in [-0.39, 0.29) is 4.90 Å². The van der Waals surface area contributed by atoms with Crippen LogP contribution >= 0.6 is 0 Å². The smallest absolute Gasteiger partial charge is 0.238 e. The van der Waals surface area contributed by atoms with Crippen LogP contribution in [-0.4, -0.2) is 8.42 Å². The topological polar surface area (TPSA) is 74.3 Å². The van der Waals surface area contributed by atoms with Crippen molar-refractivity contribution in [2.75, 3.05) is 0 Å². The molecule has 0 aromatic heterocycles. The fourth-order valence-corrected chi connectivity index (χ4v) is 1.74. The number of nitrogens with zero attached hydrogens (tertiary/aromatic N) is 1. The largest absolute Gasteiger partial charge is 0.271 e. The molecule has 0 unspecified atom stereocenters. The maximum Gasteiger partial charge on any atom is 0.271 e. The summed E-state index contributed by atoms with van der Waals surface area (Å²) in [6.07, 6.45) is 0. The van der Waals surface area contributed by atoms with Gasteiger partial charge in [0.1, 0.15) is 0 Å². The molecular formula is C7H9N2O2S. The second kappa shape index (κ2) is 3.22. The van der Waals surface area contributed by atoms with Crippen molar-refractivity contribution in [2.45, 2.75) is 11.8 Å². The summed E-state index contributed by atoms with van der Waals surface area (Å²) in [6.45, 7) is 1.69. The lowest BCUT2D eigenvalue weighted by Gasteiger charge is -2.02. The van der Waals surface area contributed by atoms with Crippen molar-refractivity contribution in [3.63, 3.8) is 0 Å². The van der Waals surface area contributed by atoms with Crippen molar-refractivity contribution in [1.29, 1.82) is 0 Å². The first-order valence-electron chi connectivity index (χ1n) is 3.31. The van der Waals surface area contributed by atoms with Gasteiger partial charge in [0, 0.05) is 0 Å². The highest BCUT2D eigenvalue weighted by Crippen LogP contribution is 2.12. The number of sulfonamides is 1. The molecule has 0 heterocycles. The van der Waals surface area contributed by atoms with Crippen molar-refractivity contribution in [1.82, 2.24) is 4.83 Å². The molecule has 1 aromatic rings. The molecule has 0 saturated heterocycles. The molecule has 65 valence electrons. The molecule has 1 aromatic carbocycles. The van der Waals surface area contributed by atoms with Crippen molar-refractivity contribution in [3.05, 3.63) is 29.8 Å². The molecule has 0 amide bonds. The lowest BCUT2D eigenvalue weighted by Crippen LogP contribution is -2.22. The average molecular weight is 185 g/mol. The molecule has 1 rings (SSSR count). The summed E-state index contributed by atoms with van der Waals surface area (Å²) in [5, 5.41) is 0. The van der Waals surface area contributed by atoms with Gasteiger partial charge in [-0.1, -0.05) is 18.2 Å². The molecule has 0 saturated carbocycles. The van der Waals surface area contributed by atoms with Crippen LogP contribution in [0.3, 0.4) is 0 Å². The number of aryl methyl sites for hydroxylation is 1. The summed E-state index contributed by atoms with van der Waals surface area (Å²) >= 11 is 0. The number of benzene rings is 1. The first-order chi connectivity index (χ1) is 5.58. The third kappa shape index (κ3) is 1.63. The van der Waals surface area contributed by atoms with Crippen LogP contribution in [-0.2, 0) is 10.0 Å². The third-order valence-corrected chi connectivity index (χ3v) is 2.80. The van der Waals surface area contributed by atoms with Crippen molar-refractivity contribution >= 4 is 10.0 Å². The third-order valence-electron chi connectivity index (χ3n) is 1.51. The Bertz CT molecular complexity index is 373. The van der Waals surface area contributed by atoms with Gasteiger partial charge in [-0.05, 0) is 23.4 Å². The maximum atomic E-state index is 11.1. The fourth-order valence-electron chi connectivity index (χ4n) is 0.903. The predicted octanol–water partition coefficient (Wildman–Crippen LogP) is 0.162. The zero-order valence-corrected chi connectivity index (χ0v) is 7.38. The van der Waals surface area contributed by atoms with E-state index in [4.69, 9.17) is 5.84 Å². The Kier molecular flexibility index (Phi) is 2.46. The van der Waals surface area contributed by atoms with E-state index in [1.807, 2.05) is 0 Å². The molecule has 0 bridgehead atoms. The Morgan fingerprint density at radius 1 is 1.33 bits per heavy atom. The molecule has 0 atom stereocenters. The van der Waals surface area contributed by atoms with Gasteiger partial charge >= 0.3 is 0 Å². The zero-order chi connectivity index (χ0) is 9.19. The summed E-state index contributed by atoms with van der Waals surface area (Å²) in [6, 6.07) is 6.55. The van der Waals surface area contributed by atoms with E-state index in [1.165, 1.54) is 6.07 Å². The minimum absolute atomic E-state index is 0.160. The second-order valence-electron chi connectivity index (χ2n) is 2.35. The van der Waals surface area contributed by atoms with Crippen LogP contribution < -0.4 is 10.7 Å². The van der Waals surface area contributed by atoms with Gasteiger partial charge in [0.15, 0.2) is 0 Å². The standard InChI is InChI=1S/C7H9N2O2S/c1-6-4-2-3-5-7(6)12(10,11)9-8/h2-5H,8H2,1H3. The lowest BCUT2D eigenvalue weighted by molar-refractivity contribution is 0.582. The van der Waals surface area contributed by atoms with E-state index in [2.05, 4.69) is 4.83 Å². The van der Waals surface area contributed by atoms with Crippen LogP contribution in [0.25, 0.3) is 0 Å². The van der Waals surface area contributed by atoms with Crippen molar-refractivity contribution in [3.8, 4) is 0 Å². The average Bonchev–Trinajstić information content (AvgIpc) is 2.05. The molecule has 0 fully saturated rings. The van der Waals surface area contributed by atoms with Gasteiger partial charge < -0.3 is 0 Å². The van der Waals surface area contributed by atoms with Crippen LogP contribution in [0.2, 0.25) is 0 Å².